The van der Waals surface area contributed by atoms with Gasteiger partial charge in [-0.15, -0.1) is 0 Å². The van der Waals surface area contributed by atoms with Gasteiger partial charge in [0.2, 0.25) is 5.91 Å². The summed E-state index contributed by atoms with van der Waals surface area (Å²) in [6.07, 6.45) is 3.84. The standard InChI is InChI=1S/C20H32N4O3/c1-15-6-7-18(27-15)17(23-10-4-5-11-23)14-21-19(25)16-8-12-24(13-9-16)20(26)22(2)3/h6-7,16-17H,4-5,8-14H2,1-3H3,(H,21,25). The maximum Gasteiger partial charge on any atom is 0.319 e. The van der Waals surface area contributed by atoms with Crippen LogP contribution < -0.4 is 5.32 Å². The predicted octanol–water partition coefficient (Wildman–Crippen LogP) is 2.23. The third-order valence-corrected chi connectivity index (χ3v) is 5.66. The SMILES string of the molecule is Cc1ccc(C(CNC(=O)C2CCN(C(=O)N(C)C)CC2)N2CCCC2)o1. The Labute approximate surface area is 161 Å². The van der Waals surface area contributed by atoms with Gasteiger partial charge in [0.05, 0.1) is 6.04 Å². The minimum atomic E-state index is -0.0197. The van der Waals surface area contributed by atoms with Gasteiger partial charge in [0.25, 0.3) is 0 Å². The number of carbonyl (C=O) groups is 2. The van der Waals surface area contributed by atoms with Crippen LogP contribution in [-0.2, 0) is 4.79 Å². The molecule has 0 saturated carbocycles. The average molecular weight is 377 g/mol. The highest BCUT2D eigenvalue weighted by molar-refractivity contribution is 5.79. The Kier molecular flexibility index (Phi) is 6.42. The van der Waals surface area contributed by atoms with Crippen molar-refractivity contribution >= 4 is 11.9 Å². The van der Waals surface area contributed by atoms with Crippen LogP contribution in [0.5, 0.6) is 0 Å². The maximum atomic E-state index is 12.7. The van der Waals surface area contributed by atoms with Gasteiger partial charge >= 0.3 is 6.03 Å². The van der Waals surface area contributed by atoms with Gasteiger partial charge in [-0.05, 0) is 57.8 Å². The summed E-state index contributed by atoms with van der Waals surface area (Å²) in [6.45, 7) is 5.90. The second kappa shape index (κ2) is 8.78. The predicted molar refractivity (Wildman–Crippen MR) is 103 cm³/mol. The molecule has 0 spiro atoms. The van der Waals surface area contributed by atoms with E-state index >= 15 is 0 Å². The molecule has 1 unspecified atom stereocenters. The number of nitrogens with one attached hydrogen (secondary N) is 1. The Morgan fingerprint density at radius 3 is 2.41 bits per heavy atom. The van der Waals surface area contributed by atoms with Gasteiger partial charge < -0.3 is 19.5 Å². The van der Waals surface area contributed by atoms with E-state index in [0.717, 1.165) is 37.5 Å². The van der Waals surface area contributed by atoms with Crippen LogP contribution >= 0.6 is 0 Å². The molecule has 1 aromatic rings. The molecule has 2 aliphatic heterocycles. The number of hydrogen-bond acceptors (Lipinski definition) is 4. The molecule has 2 saturated heterocycles. The van der Waals surface area contributed by atoms with Crippen molar-refractivity contribution in [2.45, 2.75) is 38.6 Å². The number of amides is 3. The topological polar surface area (TPSA) is 69.0 Å². The molecule has 3 rings (SSSR count). The Hall–Kier alpha value is -2.02. The molecular formula is C20H32N4O3. The maximum absolute atomic E-state index is 12.7. The van der Waals surface area contributed by atoms with Crippen molar-refractivity contribution in [1.29, 1.82) is 0 Å². The van der Waals surface area contributed by atoms with E-state index in [4.69, 9.17) is 4.42 Å². The minimum Gasteiger partial charge on any atom is -0.465 e. The Morgan fingerprint density at radius 2 is 1.85 bits per heavy atom. The van der Waals surface area contributed by atoms with E-state index in [1.54, 1.807) is 19.0 Å². The van der Waals surface area contributed by atoms with Crippen molar-refractivity contribution in [1.82, 2.24) is 20.0 Å². The van der Waals surface area contributed by atoms with Crippen LogP contribution in [0.25, 0.3) is 0 Å². The van der Waals surface area contributed by atoms with Crippen molar-refractivity contribution in [2.24, 2.45) is 5.92 Å². The van der Waals surface area contributed by atoms with Crippen LogP contribution in [0.4, 0.5) is 4.79 Å². The summed E-state index contributed by atoms with van der Waals surface area (Å²) < 4.78 is 5.86. The Balaban J connectivity index is 1.53. The van der Waals surface area contributed by atoms with Crippen LogP contribution in [0, 0.1) is 12.8 Å². The molecule has 2 fully saturated rings. The summed E-state index contributed by atoms with van der Waals surface area (Å²) in [5.74, 6) is 1.91. The molecule has 2 aliphatic rings. The van der Waals surface area contributed by atoms with Gasteiger partial charge in [-0.25, -0.2) is 4.79 Å². The monoisotopic (exact) mass is 376 g/mol. The molecule has 150 valence electrons. The van der Waals surface area contributed by atoms with E-state index < -0.39 is 0 Å². The van der Waals surface area contributed by atoms with Crippen molar-refractivity contribution in [3.8, 4) is 0 Å². The number of likely N-dealkylation sites (tertiary alicyclic amines) is 2. The molecule has 27 heavy (non-hydrogen) atoms. The first-order valence-electron chi connectivity index (χ1n) is 10.00. The second-order valence-corrected chi connectivity index (χ2v) is 7.89. The lowest BCUT2D eigenvalue weighted by Crippen LogP contribution is -2.47. The molecule has 7 heteroatoms. The molecule has 1 atom stereocenters. The first-order valence-corrected chi connectivity index (χ1v) is 10.00. The molecule has 7 nitrogen and oxygen atoms in total. The number of aryl methyl sites for hydroxylation is 1. The van der Waals surface area contributed by atoms with Crippen molar-refractivity contribution in [3.05, 3.63) is 23.7 Å². The zero-order valence-electron chi connectivity index (χ0n) is 16.7. The van der Waals surface area contributed by atoms with E-state index in [1.807, 2.05) is 24.0 Å². The second-order valence-electron chi connectivity index (χ2n) is 7.89. The first-order chi connectivity index (χ1) is 13.0. The summed E-state index contributed by atoms with van der Waals surface area (Å²) in [5.41, 5.74) is 0. The summed E-state index contributed by atoms with van der Waals surface area (Å²) in [4.78, 5) is 30.5. The fourth-order valence-corrected chi connectivity index (χ4v) is 4.05. The number of urea groups is 1. The molecule has 1 aromatic heterocycles. The van der Waals surface area contributed by atoms with Gasteiger partial charge in [0, 0.05) is 39.6 Å². The van der Waals surface area contributed by atoms with Crippen molar-refractivity contribution in [2.75, 3.05) is 46.8 Å². The molecule has 0 aromatic carbocycles. The molecule has 0 aliphatic carbocycles. The number of nitrogens with zero attached hydrogens (tertiary/aromatic N) is 3. The summed E-state index contributed by atoms with van der Waals surface area (Å²) in [5, 5.41) is 3.15. The van der Waals surface area contributed by atoms with E-state index in [0.29, 0.717) is 19.6 Å². The lowest BCUT2D eigenvalue weighted by Gasteiger charge is -2.33. The molecule has 3 heterocycles. The van der Waals surface area contributed by atoms with Gasteiger partial charge in [0.15, 0.2) is 0 Å². The highest BCUT2D eigenvalue weighted by atomic mass is 16.3. The molecule has 1 N–H and O–H groups in total. The third-order valence-electron chi connectivity index (χ3n) is 5.66. The van der Waals surface area contributed by atoms with Crippen LogP contribution in [0.15, 0.2) is 16.5 Å². The lowest BCUT2D eigenvalue weighted by atomic mass is 9.96. The molecule has 3 amide bonds. The minimum absolute atomic E-state index is 0.0197. The highest BCUT2D eigenvalue weighted by Crippen LogP contribution is 2.26. The fourth-order valence-electron chi connectivity index (χ4n) is 4.05. The van der Waals surface area contributed by atoms with Crippen LogP contribution in [0.1, 0.15) is 43.2 Å². The number of furan rings is 1. The Morgan fingerprint density at radius 1 is 1.19 bits per heavy atom. The normalized spacial score (nSPS) is 19.9. The number of rotatable bonds is 5. The molecule has 0 bridgehead atoms. The number of piperidine rings is 1. The fraction of sp³-hybridized carbons (Fsp3) is 0.700. The van der Waals surface area contributed by atoms with E-state index in [-0.39, 0.29) is 23.9 Å². The summed E-state index contributed by atoms with van der Waals surface area (Å²) in [7, 11) is 3.52. The van der Waals surface area contributed by atoms with Gasteiger partial charge in [0.1, 0.15) is 11.5 Å². The summed E-state index contributed by atoms with van der Waals surface area (Å²) >= 11 is 0. The number of hydrogen-bond donors (Lipinski definition) is 1. The van der Waals surface area contributed by atoms with Crippen LogP contribution in [-0.4, -0.2) is 73.5 Å². The molecular weight excluding hydrogens is 344 g/mol. The first kappa shape index (κ1) is 19.7. The highest BCUT2D eigenvalue weighted by Gasteiger charge is 2.30. The smallest absolute Gasteiger partial charge is 0.319 e. The largest absolute Gasteiger partial charge is 0.465 e. The molecule has 0 radical (unpaired) electrons. The van der Waals surface area contributed by atoms with Crippen molar-refractivity contribution < 1.29 is 14.0 Å². The van der Waals surface area contributed by atoms with Gasteiger partial charge in [-0.2, -0.15) is 0 Å². The lowest BCUT2D eigenvalue weighted by molar-refractivity contribution is -0.126. The third kappa shape index (κ3) is 4.83. The quantitative estimate of drug-likeness (QED) is 0.856. The van der Waals surface area contributed by atoms with Gasteiger partial charge in [-0.3, -0.25) is 9.69 Å². The van der Waals surface area contributed by atoms with E-state index in [1.165, 1.54) is 12.8 Å². The van der Waals surface area contributed by atoms with Gasteiger partial charge in [-0.1, -0.05) is 0 Å². The van der Waals surface area contributed by atoms with Crippen LogP contribution in [0.3, 0.4) is 0 Å². The average Bonchev–Trinajstić information content (AvgIpc) is 3.33. The summed E-state index contributed by atoms with van der Waals surface area (Å²) in [6, 6.07) is 4.13. The Bertz CT molecular complexity index is 643. The zero-order chi connectivity index (χ0) is 19.4. The van der Waals surface area contributed by atoms with E-state index in [2.05, 4.69) is 10.2 Å². The number of carbonyl (C=O) groups excluding carboxylic acids is 2. The zero-order valence-corrected chi connectivity index (χ0v) is 16.7. The van der Waals surface area contributed by atoms with Crippen LogP contribution in [0.2, 0.25) is 0 Å². The van der Waals surface area contributed by atoms with Crippen molar-refractivity contribution in [3.63, 3.8) is 0 Å². The van der Waals surface area contributed by atoms with E-state index in [9.17, 15) is 9.59 Å².